The average Bonchev–Trinajstić information content (AvgIpc) is 3.19. The molecule has 3 amide bonds. The van der Waals surface area contributed by atoms with Crippen LogP contribution < -0.4 is 14.8 Å². The number of imide groups is 1. The van der Waals surface area contributed by atoms with E-state index in [0.717, 1.165) is 30.6 Å². The summed E-state index contributed by atoms with van der Waals surface area (Å²) < 4.78 is 39.3. The van der Waals surface area contributed by atoms with Crippen molar-refractivity contribution < 1.29 is 32.3 Å². The number of carbonyl (C=O) groups is 3. The Bertz CT molecular complexity index is 995. The number of rotatable bonds is 7. The largest absolute Gasteiger partial charge is 0.495 e. The average molecular weight is 468 g/mol. The van der Waals surface area contributed by atoms with Crippen LogP contribution in [0, 0.1) is 5.92 Å². The molecule has 1 aliphatic carbocycles. The zero-order valence-electron chi connectivity index (χ0n) is 18.4. The Hall–Kier alpha value is -2.66. The number of methoxy groups -OCH3 is 1. The van der Waals surface area contributed by atoms with E-state index in [1.165, 1.54) is 32.2 Å². The zero-order chi connectivity index (χ0) is 23.5. The van der Waals surface area contributed by atoms with Crippen LogP contribution in [0.3, 0.4) is 0 Å². The SMILES string of the molecule is COc1ccc(C(=O)O[C@H](C)C(=O)N2CCNC2=O)cc1S(=O)(=O)N[C@H]1CCCC[C@H]1C. The van der Waals surface area contributed by atoms with E-state index in [9.17, 15) is 22.8 Å². The number of sulfonamides is 1. The molecular weight excluding hydrogens is 438 g/mol. The summed E-state index contributed by atoms with van der Waals surface area (Å²) in [5, 5.41) is 2.50. The lowest BCUT2D eigenvalue weighted by Crippen LogP contribution is -2.42. The molecule has 1 heterocycles. The van der Waals surface area contributed by atoms with Crippen LogP contribution in [0.2, 0.25) is 0 Å². The van der Waals surface area contributed by atoms with Crippen LogP contribution in [0.15, 0.2) is 23.1 Å². The highest BCUT2D eigenvalue weighted by Gasteiger charge is 2.33. The monoisotopic (exact) mass is 467 g/mol. The number of carbonyl (C=O) groups excluding carboxylic acids is 3. The summed E-state index contributed by atoms with van der Waals surface area (Å²) in [5.74, 6) is -1.24. The molecule has 1 aliphatic heterocycles. The van der Waals surface area contributed by atoms with E-state index in [0.29, 0.717) is 6.54 Å². The first-order chi connectivity index (χ1) is 15.1. The highest BCUT2D eigenvalue weighted by molar-refractivity contribution is 7.89. The third-order valence-corrected chi connectivity index (χ3v) is 7.37. The number of urea groups is 1. The maximum absolute atomic E-state index is 13.1. The van der Waals surface area contributed by atoms with E-state index < -0.39 is 34.0 Å². The van der Waals surface area contributed by atoms with Crippen molar-refractivity contribution in [2.45, 2.75) is 56.6 Å². The molecule has 2 aliphatic rings. The molecule has 1 saturated heterocycles. The van der Waals surface area contributed by atoms with Crippen LogP contribution in [-0.2, 0) is 19.6 Å². The summed E-state index contributed by atoms with van der Waals surface area (Å²) in [7, 11) is -2.62. The fourth-order valence-electron chi connectivity index (χ4n) is 3.95. The van der Waals surface area contributed by atoms with Crippen molar-refractivity contribution in [3.05, 3.63) is 23.8 Å². The summed E-state index contributed by atoms with van der Waals surface area (Å²) in [6.45, 7) is 3.89. The quantitative estimate of drug-likeness (QED) is 0.583. The number of hydrogen-bond acceptors (Lipinski definition) is 7. The summed E-state index contributed by atoms with van der Waals surface area (Å²) >= 11 is 0. The lowest BCUT2D eigenvalue weighted by Gasteiger charge is -2.29. The summed E-state index contributed by atoms with van der Waals surface area (Å²) in [5.41, 5.74) is -0.0478. The second-order valence-electron chi connectivity index (χ2n) is 8.12. The van der Waals surface area contributed by atoms with Gasteiger partial charge < -0.3 is 14.8 Å². The van der Waals surface area contributed by atoms with Crippen molar-refractivity contribution >= 4 is 27.9 Å². The predicted molar refractivity (Wildman–Crippen MR) is 115 cm³/mol. The normalized spacial score (nSPS) is 22.2. The Morgan fingerprint density at radius 3 is 2.59 bits per heavy atom. The Morgan fingerprint density at radius 1 is 1.25 bits per heavy atom. The number of ether oxygens (including phenoxy) is 2. The number of amides is 3. The molecule has 0 spiro atoms. The van der Waals surface area contributed by atoms with E-state index in [1.807, 2.05) is 6.92 Å². The van der Waals surface area contributed by atoms with Crippen molar-refractivity contribution in [3.63, 3.8) is 0 Å². The Morgan fingerprint density at radius 2 is 1.97 bits per heavy atom. The maximum atomic E-state index is 13.1. The van der Waals surface area contributed by atoms with E-state index in [-0.39, 0.29) is 34.7 Å². The molecule has 3 rings (SSSR count). The molecule has 176 valence electrons. The third kappa shape index (κ3) is 5.21. The Labute approximate surface area is 187 Å². The topological polar surface area (TPSA) is 131 Å². The van der Waals surface area contributed by atoms with Gasteiger partial charge >= 0.3 is 12.0 Å². The number of benzene rings is 1. The number of nitrogens with zero attached hydrogens (tertiary/aromatic N) is 1. The van der Waals surface area contributed by atoms with Crippen LogP contribution in [0.5, 0.6) is 5.75 Å². The molecule has 0 radical (unpaired) electrons. The zero-order valence-corrected chi connectivity index (χ0v) is 19.2. The van der Waals surface area contributed by atoms with Gasteiger partial charge in [-0.3, -0.25) is 9.69 Å². The molecule has 32 heavy (non-hydrogen) atoms. The second kappa shape index (κ2) is 9.86. The van der Waals surface area contributed by atoms with Crippen molar-refractivity contribution in [2.24, 2.45) is 5.92 Å². The van der Waals surface area contributed by atoms with E-state index >= 15 is 0 Å². The molecule has 1 aromatic carbocycles. The van der Waals surface area contributed by atoms with Gasteiger partial charge in [0, 0.05) is 19.1 Å². The standard InChI is InChI=1S/C21H29N3O7S/c1-13-6-4-5-7-16(13)23-32(28,29)18-12-15(8-9-17(18)30-3)20(26)31-14(2)19(25)24-11-10-22-21(24)27/h8-9,12-14,16,23H,4-7,10-11H2,1-3H3,(H,22,27)/t13-,14-,16+/m1/s1. The van der Waals surface area contributed by atoms with E-state index in [4.69, 9.17) is 9.47 Å². The van der Waals surface area contributed by atoms with Crippen molar-refractivity contribution in [1.82, 2.24) is 14.9 Å². The molecule has 0 aromatic heterocycles. The van der Waals surface area contributed by atoms with Crippen LogP contribution in [-0.4, -0.2) is 63.6 Å². The van der Waals surface area contributed by atoms with Crippen molar-refractivity contribution in [3.8, 4) is 5.75 Å². The van der Waals surface area contributed by atoms with Gasteiger partial charge in [0.25, 0.3) is 5.91 Å². The second-order valence-corrected chi connectivity index (χ2v) is 9.81. The van der Waals surface area contributed by atoms with Crippen LogP contribution in [0.4, 0.5) is 4.79 Å². The van der Waals surface area contributed by atoms with Gasteiger partial charge in [-0.05, 0) is 43.9 Å². The van der Waals surface area contributed by atoms with Crippen molar-refractivity contribution in [2.75, 3.05) is 20.2 Å². The highest BCUT2D eigenvalue weighted by atomic mass is 32.2. The molecule has 10 nitrogen and oxygen atoms in total. The minimum Gasteiger partial charge on any atom is -0.495 e. The first-order valence-electron chi connectivity index (χ1n) is 10.6. The van der Waals surface area contributed by atoms with Gasteiger partial charge in [0.2, 0.25) is 10.0 Å². The molecule has 11 heteroatoms. The third-order valence-electron chi connectivity index (χ3n) is 5.86. The smallest absolute Gasteiger partial charge is 0.338 e. The van der Waals surface area contributed by atoms with Gasteiger partial charge in [-0.2, -0.15) is 0 Å². The Balaban J connectivity index is 1.78. The van der Waals surface area contributed by atoms with Gasteiger partial charge in [-0.15, -0.1) is 0 Å². The minimum atomic E-state index is -3.97. The molecule has 2 N–H and O–H groups in total. The molecule has 0 unspecified atom stereocenters. The van der Waals surface area contributed by atoms with Gasteiger partial charge in [0.15, 0.2) is 6.10 Å². The highest BCUT2D eigenvalue weighted by Crippen LogP contribution is 2.29. The lowest BCUT2D eigenvalue weighted by molar-refractivity contribution is -0.136. The van der Waals surface area contributed by atoms with Crippen LogP contribution in [0.25, 0.3) is 0 Å². The van der Waals surface area contributed by atoms with Gasteiger partial charge in [-0.1, -0.05) is 19.8 Å². The first kappa shape index (κ1) is 24.0. The number of hydrogen-bond donors (Lipinski definition) is 2. The predicted octanol–water partition coefficient (Wildman–Crippen LogP) is 1.65. The van der Waals surface area contributed by atoms with Crippen LogP contribution in [0.1, 0.15) is 49.9 Å². The lowest BCUT2D eigenvalue weighted by atomic mass is 9.87. The molecular formula is C21H29N3O7S. The van der Waals surface area contributed by atoms with Gasteiger partial charge in [-0.25, -0.2) is 22.7 Å². The van der Waals surface area contributed by atoms with Gasteiger partial charge in [0.1, 0.15) is 10.6 Å². The fourth-order valence-corrected chi connectivity index (χ4v) is 5.52. The molecule has 0 bridgehead atoms. The van der Waals surface area contributed by atoms with Crippen LogP contribution >= 0.6 is 0 Å². The molecule has 1 saturated carbocycles. The fraction of sp³-hybridized carbons (Fsp3) is 0.571. The summed E-state index contributed by atoms with van der Waals surface area (Å²) in [4.78, 5) is 37.4. The molecule has 1 aromatic rings. The van der Waals surface area contributed by atoms with E-state index in [1.54, 1.807) is 0 Å². The summed E-state index contributed by atoms with van der Waals surface area (Å²) in [6, 6.07) is 3.17. The number of esters is 1. The Kier molecular flexibility index (Phi) is 7.40. The van der Waals surface area contributed by atoms with Crippen molar-refractivity contribution in [1.29, 1.82) is 0 Å². The molecule has 3 atom stereocenters. The van der Waals surface area contributed by atoms with Gasteiger partial charge in [0.05, 0.1) is 12.7 Å². The first-order valence-corrected chi connectivity index (χ1v) is 12.1. The molecule has 2 fully saturated rings. The maximum Gasteiger partial charge on any atom is 0.338 e. The van der Waals surface area contributed by atoms with E-state index in [2.05, 4.69) is 10.0 Å². The number of nitrogens with one attached hydrogen (secondary N) is 2. The minimum absolute atomic E-state index is 0.0478. The summed E-state index contributed by atoms with van der Waals surface area (Å²) in [6.07, 6.45) is 2.49.